The SMILES string of the molecule is O=S(=O)(NC(c1ccc(F)cc1)C1CC1)c1cc(Cl)ccc1NCc1cncc(C(F)F)c1. The second-order valence-corrected chi connectivity index (χ2v) is 10.0. The van der Waals surface area contributed by atoms with Crippen molar-refractivity contribution in [2.24, 2.45) is 5.92 Å². The molecule has 1 atom stereocenters. The first-order valence-corrected chi connectivity index (χ1v) is 12.1. The molecule has 1 unspecified atom stereocenters. The van der Waals surface area contributed by atoms with Crippen LogP contribution in [-0.4, -0.2) is 13.4 Å². The summed E-state index contributed by atoms with van der Waals surface area (Å²) in [6, 6.07) is 10.9. The Hall–Kier alpha value is -2.62. The van der Waals surface area contributed by atoms with Crippen molar-refractivity contribution in [3.05, 3.63) is 88.5 Å². The molecule has 1 aliphatic rings. The van der Waals surface area contributed by atoms with Gasteiger partial charge in [0.25, 0.3) is 6.43 Å². The second kappa shape index (κ2) is 9.70. The molecule has 0 spiro atoms. The molecule has 0 saturated heterocycles. The van der Waals surface area contributed by atoms with Crippen LogP contribution in [0.25, 0.3) is 0 Å². The zero-order valence-electron chi connectivity index (χ0n) is 17.3. The van der Waals surface area contributed by atoms with E-state index in [2.05, 4.69) is 15.0 Å². The van der Waals surface area contributed by atoms with Crippen molar-refractivity contribution < 1.29 is 21.6 Å². The Morgan fingerprint density at radius 3 is 2.42 bits per heavy atom. The van der Waals surface area contributed by atoms with Crippen molar-refractivity contribution in [3.8, 4) is 0 Å². The predicted molar refractivity (Wildman–Crippen MR) is 120 cm³/mol. The molecule has 0 aliphatic heterocycles. The fraction of sp³-hybridized carbons (Fsp3) is 0.261. The van der Waals surface area contributed by atoms with Gasteiger partial charge >= 0.3 is 0 Å². The molecular formula is C23H21ClF3N3O2S. The van der Waals surface area contributed by atoms with Gasteiger partial charge in [0.05, 0.1) is 5.69 Å². The average molecular weight is 496 g/mol. The molecule has 33 heavy (non-hydrogen) atoms. The summed E-state index contributed by atoms with van der Waals surface area (Å²) in [5.41, 5.74) is 1.20. The number of nitrogens with one attached hydrogen (secondary N) is 2. The number of anilines is 1. The molecule has 1 heterocycles. The monoisotopic (exact) mass is 495 g/mol. The van der Waals surface area contributed by atoms with Gasteiger partial charge in [0.1, 0.15) is 10.7 Å². The molecule has 10 heteroatoms. The number of hydrogen-bond donors (Lipinski definition) is 2. The van der Waals surface area contributed by atoms with E-state index >= 15 is 0 Å². The first kappa shape index (κ1) is 23.5. The highest BCUT2D eigenvalue weighted by Crippen LogP contribution is 2.42. The Bertz CT molecular complexity index is 1240. The van der Waals surface area contributed by atoms with Crippen LogP contribution < -0.4 is 10.0 Å². The fourth-order valence-electron chi connectivity index (χ4n) is 3.55. The van der Waals surface area contributed by atoms with Crippen LogP contribution in [0.1, 0.15) is 42.0 Å². The van der Waals surface area contributed by atoms with Gasteiger partial charge in [-0.1, -0.05) is 23.7 Å². The zero-order chi connectivity index (χ0) is 23.6. The van der Waals surface area contributed by atoms with Crippen LogP contribution in [0.2, 0.25) is 5.02 Å². The summed E-state index contributed by atoms with van der Waals surface area (Å²) in [6.07, 6.45) is 1.58. The number of alkyl halides is 2. The minimum Gasteiger partial charge on any atom is -0.380 e. The third-order valence-electron chi connectivity index (χ3n) is 5.39. The van der Waals surface area contributed by atoms with Crippen molar-refractivity contribution in [3.63, 3.8) is 0 Å². The van der Waals surface area contributed by atoms with E-state index in [-0.39, 0.29) is 33.6 Å². The lowest BCUT2D eigenvalue weighted by Gasteiger charge is -2.21. The lowest BCUT2D eigenvalue weighted by atomic mass is 10.0. The van der Waals surface area contributed by atoms with Crippen LogP contribution in [0.15, 0.2) is 65.8 Å². The van der Waals surface area contributed by atoms with Gasteiger partial charge in [-0.05, 0) is 66.3 Å². The summed E-state index contributed by atoms with van der Waals surface area (Å²) in [4.78, 5) is 3.74. The number of pyridine rings is 1. The molecule has 4 rings (SSSR count). The highest BCUT2D eigenvalue weighted by molar-refractivity contribution is 7.89. The molecule has 0 bridgehead atoms. The number of sulfonamides is 1. The standard InChI is InChI=1S/C23H21ClF3N3O2S/c24-18-5-8-20(29-12-14-9-17(23(26)27)13-28-11-14)21(10-18)33(31,32)30-22(15-1-2-15)16-3-6-19(25)7-4-16/h3-11,13,15,22-23,29-30H,1-2,12H2. The van der Waals surface area contributed by atoms with E-state index in [4.69, 9.17) is 11.6 Å². The van der Waals surface area contributed by atoms with Crippen LogP contribution in [-0.2, 0) is 16.6 Å². The Morgan fingerprint density at radius 2 is 1.76 bits per heavy atom. The molecule has 174 valence electrons. The molecule has 2 aromatic carbocycles. The molecule has 5 nitrogen and oxygen atoms in total. The molecule has 0 radical (unpaired) electrons. The third-order valence-corrected chi connectivity index (χ3v) is 7.10. The largest absolute Gasteiger partial charge is 0.380 e. The van der Waals surface area contributed by atoms with Gasteiger partial charge < -0.3 is 5.32 Å². The summed E-state index contributed by atoms with van der Waals surface area (Å²) >= 11 is 6.09. The lowest BCUT2D eigenvalue weighted by molar-refractivity contribution is 0.151. The summed E-state index contributed by atoms with van der Waals surface area (Å²) in [7, 11) is -4.03. The smallest absolute Gasteiger partial charge is 0.265 e. The van der Waals surface area contributed by atoms with Gasteiger partial charge in [0.15, 0.2) is 0 Å². The number of nitrogens with zero attached hydrogens (tertiary/aromatic N) is 1. The number of aromatic nitrogens is 1. The van der Waals surface area contributed by atoms with Gasteiger partial charge in [0, 0.05) is 35.6 Å². The van der Waals surface area contributed by atoms with Gasteiger partial charge in [0.2, 0.25) is 10.0 Å². The normalized spacial score (nSPS) is 14.9. The molecule has 0 amide bonds. The van der Waals surface area contributed by atoms with Crippen LogP contribution in [0.3, 0.4) is 0 Å². The van der Waals surface area contributed by atoms with E-state index < -0.39 is 28.3 Å². The van der Waals surface area contributed by atoms with E-state index in [1.165, 1.54) is 42.6 Å². The van der Waals surface area contributed by atoms with Crippen molar-refractivity contribution in [2.75, 3.05) is 5.32 Å². The molecule has 1 saturated carbocycles. The van der Waals surface area contributed by atoms with Crippen molar-refractivity contribution in [1.82, 2.24) is 9.71 Å². The van der Waals surface area contributed by atoms with Gasteiger partial charge in [-0.2, -0.15) is 0 Å². The highest BCUT2D eigenvalue weighted by atomic mass is 35.5. The van der Waals surface area contributed by atoms with E-state index in [9.17, 15) is 21.6 Å². The molecule has 1 aromatic heterocycles. The summed E-state index contributed by atoms with van der Waals surface area (Å²) < 4.78 is 68.7. The van der Waals surface area contributed by atoms with Crippen molar-refractivity contribution >= 4 is 27.3 Å². The van der Waals surface area contributed by atoms with Gasteiger partial charge in [-0.3, -0.25) is 4.98 Å². The highest BCUT2D eigenvalue weighted by Gasteiger charge is 2.36. The zero-order valence-corrected chi connectivity index (χ0v) is 18.9. The lowest BCUT2D eigenvalue weighted by Crippen LogP contribution is -2.30. The Labute approximate surface area is 195 Å². The van der Waals surface area contributed by atoms with E-state index in [1.54, 1.807) is 12.1 Å². The van der Waals surface area contributed by atoms with Crippen LogP contribution in [0.4, 0.5) is 18.9 Å². The van der Waals surface area contributed by atoms with E-state index in [0.29, 0.717) is 11.1 Å². The minimum absolute atomic E-state index is 0.0688. The Kier molecular flexibility index (Phi) is 6.92. The van der Waals surface area contributed by atoms with Crippen LogP contribution >= 0.6 is 11.6 Å². The van der Waals surface area contributed by atoms with Crippen molar-refractivity contribution in [1.29, 1.82) is 0 Å². The predicted octanol–water partition coefficient (Wildman–Crippen LogP) is 5.85. The summed E-state index contributed by atoms with van der Waals surface area (Å²) in [6.45, 7) is 0.0850. The maximum atomic E-state index is 13.4. The maximum Gasteiger partial charge on any atom is 0.265 e. The molecular weight excluding hydrogens is 475 g/mol. The van der Waals surface area contributed by atoms with Crippen molar-refractivity contribution in [2.45, 2.75) is 36.7 Å². The first-order valence-electron chi connectivity index (χ1n) is 10.3. The maximum absolute atomic E-state index is 13.4. The first-order chi connectivity index (χ1) is 15.7. The second-order valence-electron chi connectivity index (χ2n) is 7.91. The van der Waals surface area contributed by atoms with Gasteiger partial charge in [-0.15, -0.1) is 0 Å². The molecule has 3 aromatic rings. The van der Waals surface area contributed by atoms with Crippen LogP contribution in [0, 0.1) is 11.7 Å². The summed E-state index contributed by atoms with van der Waals surface area (Å²) in [5.74, 6) is -0.285. The number of rotatable bonds is 9. The van der Waals surface area contributed by atoms with E-state index in [0.717, 1.165) is 19.0 Å². The fourth-order valence-corrected chi connectivity index (χ4v) is 5.29. The topological polar surface area (TPSA) is 71.1 Å². The third kappa shape index (κ3) is 5.85. The summed E-state index contributed by atoms with van der Waals surface area (Å²) in [5, 5.41) is 3.21. The number of hydrogen-bond acceptors (Lipinski definition) is 4. The van der Waals surface area contributed by atoms with Crippen LogP contribution in [0.5, 0.6) is 0 Å². The Balaban J connectivity index is 1.59. The molecule has 1 fully saturated rings. The quantitative estimate of drug-likeness (QED) is 0.390. The molecule has 2 N–H and O–H groups in total. The van der Waals surface area contributed by atoms with Gasteiger partial charge in [-0.25, -0.2) is 26.3 Å². The Morgan fingerprint density at radius 1 is 1.03 bits per heavy atom. The average Bonchev–Trinajstić information content (AvgIpc) is 3.63. The minimum atomic E-state index is -4.03. The van der Waals surface area contributed by atoms with E-state index in [1.807, 2.05) is 0 Å². The molecule has 1 aliphatic carbocycles. The number of benzene rings is 2. The number of halogens is 4.